The largest absolute Gasteiger partial charge is 0.478 e. The lowest BCUT2D eigenvalue weighted by molar-refractivity contribution is -0.156. The van der Waals surface area contributed by atoms with E-state index in [0.717, 1.165) is 25.7 Å². The van der Waals surface area contributed by atoms with Crippen LogP contribution in [0.3, 0.4) is 0 Å². The maximum absolute atomic E-state index is 11.8. The minimum absolute atomic E-state index is 0.0987. The molecule has 0 unspecified atom stereocenters. The second kappa shape index (κ2) is 10.1. The highest BCUT2D eigenvalue weighted by atomic mass is 16.5. The van der Waals surface area contributed by atoms with E-state index in [0.29, 0.717) is 5.56 Å². The molecule has 0 aromatic heterocycles. The molecule has 1 aromatic carbocycles. The molecule has 0 bridgehead atoms. The predicted octanol–water partition coefficient (Wildman–Crippen LogP) is 4.83. The smallest absolute Gasteiger partial charge is 0.335 e. The van der Waals surface area contributed by atoms with Crippen LogP contribution in [-0.2, 0) is 9.53 Å². The van der Waals surface area contributed by atoms with Gasteiger partial charge in [-0.2, -0.15) is 0 Å². The van der Waals surface area contributed by atoms with E-state index in [1.165, 1.54) is 38.5 Å². The molecule has 0 spiro atoms. The van der Waals surface area contributed by atoms with Crippen molar-refractivity contribution in [3.8, 4) is 0 Å². The topological polar surface area (TPSA) is 63.6 Å². The van der Waals surface area contributed by atoms with Crippen molar-refractivity contribution in [2.24, 2.45) is 5.92 Å². The molecule has 1 aromatic rings. The van der Waals surface area contributed by atoms with E-state index in [1.54, 1.807) is 30.3 Å². The van der Waals surface area contributed by atoms with Gasteiger partial charge in [-0.15, -0.1) is 0 Å². The average Bonchev–Trinajstić information content (AvgIpc) is 2.64. The van der Waals surface area contributed by atoms with Crippen molar-refractivity contribution in [3.63, 3.8) is 0 Å². The van der Waals surface area contributed by atoms with Crippen LogP contribution in [0.1, 0.15) is 74.6 Å². The first-order valence-electron chi connectivity index (χ1n) is 9.15. The molecule has 1 N–H and O–H groups in total. The number of hydrogen-bond donors (Lipinski definition) is 1. The molecule has 2 aliphatic carbocycles. The van der Waals surface area contributed by atoms with Gasteiger partial charge in [-0.1, -0.05) is 43.9 Å². The van der Waals surface area contributed by atoms with Crippen molar-refractivity contribution in [1.82, 2.24) is 0 Å². The summed E-state index contributed by atoms with van der Waals surface area (Å²) >= 11 is 0. The minimum Gasteiger partial charge on any atom is -0.478 e. The SMILES string of the molecule is O=C(O)c1ccccc1.O=C(OC1CCCCC1)C1CCCCC1. The second-order valence-electron chi connectivity index (χ2n) is 6.70. The van der Waals surface area contributed by atoms with Gasteiger partial charge in [0.15, 0.2) is 0 Å². The van der Waals surface area contributed by atoms with E-state index in [4.69, 9.17) is 9.84 Å². The minimum atomic E-state index is -0.879. The summed E-state index contributed by atoms with van der Waals surface area (Å²) in [6, 6.07) is 8.30. The first kappa shape index (κ1) is 18.5. The first-order valence-corrected chi connectivity index (χ1v) is 9.15. The van der Waals surface area contributed by atoms with Crippen molar-refractivity contribution < 1.29 is 19.4 Å². The lowest BCUT2D eigenvalue weighted by Gasteiger charge is -2.26. The summed E-state index contributed by atoms with van der Waals surface area (Å²) in [7, 11) is 0. The van der Waals surface area contributed by atoms with Crippen molar-refractivity contribution >= 4 is 11.9 Å². The van der Waals surface area contributed by atoms with Gasteiger partial charge in [-0.05, 0) is 50.7 Å². The predicted molar refractivity (Wildman–Crippen MR) is 92.9 cm³/mol. The maximum atomic E-state index is 11.8. The Hall–Kier alpha value is -1.84. The number of rotatable bonds is 3. The third-order valence-electron chi connectivity index (χ3n) is 4.79. The molecule has 0 aliphatic heterocycles. The summed E-state index contributed by atoms with van der Waals surface area (Å²) in [4.78, 5) is 22.0. The van der Waals surface area contributed by atoms with Crippen molar-refractivity contribution in [2.45, 2.75) is 70.3 Å². The number of esters is 1. The Kier molecular flexibility index (Phi) is 7.80. The molecule has 4 nitrogen and oxygen atoms in total. The zero-order chi connectivity index (χ0) is 17.2. The Labute approximate surface area is 144 Å². The molecule has 2 fully saturated rings. The van der Waals surface area contributed by atoms with Crippen LogP contribution in [0.5, 0.6) is 0 Å². The Morgan fingerprint density at radius 1 is 0.833 bits per heavy atom. The van der Waals surface area contributed by atoms with Gasteiger partial charge in [0.1, 0.15) is 6.10 Å². The van der Waals surface area contributed by atoms with Crippen LogP contribution in [0, 0.1) is 5.92 Å². The van der Waals surface area contributed by atoms with E-state index in [9.17, 15) is 9.59 Å². The average molecular weight is 332 g/mol. The summed E-state index contributed by atoms with van der Waals surface area (Å²) < 4.78 is 5.59. The fraction of sp³-hybridized carbons (Fsp3) is 0.600. The number of aromatic carboxylic acids is 1. The van der Waals surface area contributed by atoms with Gasteiger partial charge in [0.05, 0.1) is 11.5 Å². The van der Waals surface area contributed by atoms with Crippen molar-refractivity contribution in [2.75, 3.05) is 0 Å². The molecule has 2 aliphatic rings. The molecule has 3 rings (SSSR count). The third-order valence-corrected chi connectivity index (χ3v) is 4.79. The number of carboxylic acids is 1. The number of hydrogen-bond acceptors (Lipinski definition) is 3. The van der Waals surface area contributed by atoms with Gasteiger partial charge < -0.3 is 9.84 Å². The number of carboxylic acid groups (broad SMARTS) is 1. The zero-order valence-corrected chi connectivity index (χ0v) is 14.3. The van der Waals surface area contributed by atoms with Crippen molar-refractivity contribution in [3.05, 3.63) is 35.9 Å². The molecule has 0 heterocycles. The van der Waals surface area contributed by atoms with Gasteiger partial charge in [-0.3, -0.25) is 4.79 Å². The molecule has 0 atom stereocenters. The molecule has 0 saturated heterocycles. The first-order chi connectivity index (χ1) is 11.7. The highest BCUT2D eigenvalue weighted by molar-refractivity contribution is 5.87. The number of ether oxygens (including phenoxy) is 1. The van der Waals surface area contributed by atoms with Crippen LogP contribution >= 0.6 is 0 Å². The third kappa shape index (κ3) is 6.34. The molecular formula is C20H28O4. The summed E-state index contributed by atoms with van der Waals surface area (Å²) in [6.45, 7) is 0. The number of carbonyl (C=O) groups is 2. The van der Waals surface area contributed by atoms with Crippen LogP contribution in [0.4, 0.5) is 0 Å². The molecule has 0 amide bonds. The maximum Gasteiger partial charge on any atom is 0.335 e. The van der Waals surface area contributed by atoms with Crippen molar-refractivity contribution in [1.29, 1.82) is 0 Å². The lowest BCUT2D eigenvalue weighted by atomic mass is 9.89. The molecule has 132 valence electrons. The van der Waals surface area contributed by atoms with E-state index in [-0.39, 0.29) is 18.0 Å². The fourth-order valence-corrected chi connectivity index (χ4v) is 3.36. The van der Waals surface area contributed by atoms with Crippen LogP contribution in [0.25, 0.3) is 0 Å². The van der Waals surface area contributed by atoms with E-state index in [1.807, 2.05) is 0 Å². The quantitative estimate of drug-likeness (QED) is 0.805. The Bertz CT molecular complexity index is 500. The summed E-state index contributed by atoms with van der Waals surface area (Å²) in [5.41, 5.74) is 0.331. The Morgan fingerprint density at radius 2 is 1.38 bits per heavy atom. The van der Waals surface area contributed by atoms with Gasteiger partial charge in [0.2, 0.25) is 0 Å². The molecular weight excluding hydrogens is 304 g/mol. The lowest BCUT2D eigenvalue weighted by Crippen LogP contribution is -2.27. The zero-order valence-electron chi connectivity index (χ0n) is 14.3. The number of benzene rings is 1. The molecule has 0 radical (unpaired) electrons. The standard InChI is InChI=1S/C13H22O2.C7H6O2/c14-13(11-7-3-1-4-8-11)15-12-9-5-2-6-10-12;8-7(9)6-4-2-1-3-5-6/h11-12H,1-10H2;1-5H,(H,8,9). The Balaban J connectivity index is 0.000000198. The Morgan fingerprint density at radius 3 is 1.88 bits per heavy atom. The monoisotopic (exact) mass is 332 g/mol. The second-order valence-corrected chi connectivity index (χ2v) is 6.70. The molecule has 4 heteroatoms. The summed E-state index contributed by atoms with van der Waals surface area (Å²) in [5.74, 6) is -0.558. The van der Waals surface area contributed by atoms with Gasteiger partial charge in [0.25, 0.3) is 0 Å². The van der Waals surface area contributed by atoms with Gasteiger partial charge >= 0.3 is 11.9 Å². The fourth-order valence-electron chi connectivity index (χ4n) is 3.36. The summed E-state index contributed by atoms with van der Waals surface area (Å²) in [6.07, 6.45) is 12.1. The molecule has 2 saturated carbocycles. The van der Waals surface area contributed by atoms with Crippen LogP contribution in [-0.4, -0.2) is 23.1 Å². The highest BCUT2D eigenvalue weighted by Crippen LogP contribution is 2.27. The van der Waals surface area contributed by atoms with Gasteiger partial charge in [0, 0.05) is 0 Å². The van der Waals surface area contributed by atoms with Gasteiger partial charge in [-0.25, -0.2) is 4.79 Å². The van der Waals surface area contributed by atoms with Crippen LogP contribution in [0.15, 0.2) is 30.3 Å². The highest BCUT2D eigenvalue weighted by Gasteiger charge is 2.25. The van der Waals surface area contributed by atoms with E-state index < -0.39 is 5.97 Å². The van der Waals surface area contributed by atoms with E-state index >= 15 is 0 Å². The van der Waals surface area contributed by atoms with E-state index in [2.05, 4.69) is 0 Å². The summed E-state index contributed by atoms with van der Waals surface area (Å²) in [5, 5.41) is 8.38. The van der Waals surface area contributed by atoms with Crippen LogP contribution in [0.2, 0.25) is 0 Å². The normalized spacial score (nSPS) is 19.0. The number of carbonyl (C=O) groups excluding carboxylic acids is 1. The molecule has 24 heavy (non-hydrogen) atoms. The van der Waals surface area contributed by atoms with Crippen LogP contribution < -0.4 is 0 Å².